The van der Waals surface area contributed by atoms with Gasteiger partial charge in [0.15, 0.2) is 0 Å². The second-order valence-corrected chi connectivity index (χ2v) is 5.18. The average molecular weight is 289 g/mol. The molecule has 0 fully saturated rings. The number of carboxylic acid groups (broad SMARTS) is 1. The van der Waals surface area contributed by atoms with Gasteiger partial charge in [0.1, 0.15) is 5.25 Å². The Labute approximate surface area is 119 Å². The molecule has 0 aliphatic heterocycles. The lowest BCUT2D eigenvalue weighted by atomic mass is 10.1. The summed E-state index contributed by atoms with van der Waals surface area (Å²) < 4.78 is 0. The van der Waals surface area contributed by atoms with Gasteiger partial charge in [-0.25, -0.2) is 0 Å². The number of nitro benzene ring substituents is 1. The second-order valence-electron chi connectivity index (χ2n) is 4.00. The summed E-state index contributed by atoms with van der Waals surface area (Å²) in [5, 5.41) is 19.1. The predicted octanol–water partition coefficient (Wildman–Crippen LogP) is 3.51. The van der Waals surface area contributed by atoms with Crippen molar-refractivity contribution in [1.82, 2.24) is 0 Å². The van der Waals surface area contributed by atoms with Gasteiger partial charge in [-0.15, -0.1) is 11.8 Å². The Morgan fingerprint density at radius 2 is 1.70 bits per heavy atom. The van der Waals surface area contributed by atoms with Crippen LogP contribution in [0.25, 0.3) is 0 Å². The molecular formula is C14H11NO4S. The summed E-state index contributed by atoms with van der Waals surface area (Å²) in [7, 11) is 0. The first-order valence-corrected chi connectivity index (χ1v) is 6.65. The van der Waals surface area contributed by atoms with Crippen LogP contribution in [0.4, 0.5) is 5.69 Å². The van der Waals surface area contributed by atoms with E-state index in [1.54, 1.807) is 36.4 Å². The summed E-state index contributed by atoms with van der Waals surface area (Å²) in [5.41, 5.74) is 0.671. The fraction of sp³-hybridized carbons (Fsp3) is 0.0714. The van der Waals surface area contributed by atoms with E-state index < -0.39 is 16.1 Å². The van der Waals surface area contributed by atoms with Crippen molar-refractivity contribution in [2.45, 2.75) is 10.1 Å². The topological polar surface area (TPSA) is 80.4 Å². The van der Waals surface area contributed by atoms with Gasteiger partial charge in [0, 0.05) is 17.0 Å². The van der Waals surface area contributed by atoms with Gasteiger partial charge in [-0.3, -0.25) is 14.9 Å². The third-order valence-corrected chi connectivity index (χ3v) is 3.88. The first-order chi connectivity index (χ1) is 9.58. The van der Waals surface area contributed by atoms with Crippen molar-refractivity contribution < 1.29 is 14.8 Å². The van der Waals surface area contributed by atoms with E-state index in [-0.39, 0.29) is 5.69 Å². The molecular weight excluding hydrogens is 278 g/mol. The van der Waals surface area contributed by atoms with Gasteiger partial charge in [-0.05, 0) is 17.7 Å². The smallest absolute Gasteiger partial charge is 0.321 e. The van der Waals surface area contributed by atoms with E-state index in [2.05, 4.69) is 0 Å². The summed E-state index contributed by atoms with van der Waals surface area (Å²) in [4.78, 5) is 22.1. The quantitative estimate of drug-likeness (QED) is 0.517. The van der Waals surface area contributed by atoms with Crippen molar-refractivity contribution in [1.29, 1.82) is 0 Å². The molecule has 102 valence electrons. The number of carboxylic acids is 1. The maximum absolute atomic E-state index is 11.4. The molecule has 0 aliphatic carbocycles. The van der Waals surface area contributed by atoms with Gasteiger partial charge in [-0.1, -0.05) is 30.3 Å². The Morgan fingerprint density at radius 3 is 2.20 bits per heavy atom. The lowest BCUT2D eigenvalue weighted by Gasteiger charge is -2.12. The molecule has 0 bridgehead atoms. The summed E-state index contributed by atoms with van der Waals surface area (Å²) in [6, 6.07) is 14.7. The van der Waals surface area contributed by atoms with E-state index in [1.165, 1.54) is 12.1 Å². The Balaban J connectivity index is 2.21. The van der Waals surface area contributed by atoms with Gasteiger partial charge >= 0.3 is 5.97 Å². The van der Waals surface area contributed by atoms with Crippen LogP contribution < -0.4 is 0 Å². The molecule has 0 radical (unpaired) electrons. The fourth-order valence-electron chi connectivity index (χ4n) is 1.67. The number of hydrogen-bond donors (Lipinski definition) is 1. The van der Waals surface area contributed by atoms with Crippen molar-refractivity contribution in [3.63, 3.8) is 0 Å². The molecule has 20 heavy (non-hydrogen) atoms. The summed E-state index contributed by atoms with van der Waals surface area (Å²) in [5.74, 6) is -0.945. The number of aliphatic carboxylic acids is 1. The van der Waals surface area contributed by atoms with Gasteiger partial charge in [0.2, 0.25) is 0 Å². The molecule has 0 saturated carbocycles. The normalized spacial score (nSPS) is 11.8. The van der Waals surface area contributed by atoms with Crippen LogP contribution in [0.15, 0.2) is 59.5 Å². The number of rotatable bonds is 5. The lowest BCUT2D eigenvalue weighted by molar-refractivity contribution is -0.384. The minimum absolute atomic E-state index is 0.0130. The molecule has 0 spiro atoms. The van der Waals surface area contributed by atoms with Crippen molar-refractivity contribution in [2.75, 3.05) is 0 Å². The van der Waals surface area contributed by atoms with Crippen molar-refractivity contribution in [3.05, 3.63) is 70.3 Å². The highest BCUT2D eigenvalue weighted by molar-refractivity contribution is 8.00. The van der Waals surface area contributed by atoms with Crippen LogP contribution in [0, 0.1) is 10.1 Å². The highest BCUT2D eigenvalue weighted by Crippen LogP contribution is 2.35. The Hall–Kier alpha value is -2.34. The van der Waals surface area contributed by atoms with E-state index >= 15 is 0 Å². The highest BCUT2D eigenvalue weighted by atomic mass is 32.2. The highest BCUT2D eigenvalue weighted by Gasteiger charge is 2.21. The number of nitro groups is 1. The minimum Gasteiger partial charge on any atom is -0.480 e. The van der Waals surface area contributed by atoms with E-state index in [0.29, 0.717) is 10.5 Å². The third kappa shape index (κ3) is 3.36. The van der Waals surface area contributed by atoms with Crippen molar-refractivity contribution in [2.24, 2.45) is 0 Å². The maximum Gasteiger partial charge on any atom is 0.321 e. The number of nitrogens with zero attached hydrogens (tertiary/aromatic N) is 1. The monoisotopic (exact) mass is 289 g/mol. The Morgan fingerprint density at radius 1 is 1.10 bits per heavy atom. The van der Waals surface area contributed by atoms with Crippen LogP contribution in [0.1, 0.15) is 10.8 Å². The fourth-order valence-corrected chi connectivity index (χ4v) is 2.63. The minimum atomic E-state index is -0.945. The predicted molar refractivity (Wildman–Crippen MR) is 75.8 cm³/mol. The molecule has 0 aliphatic rings. The molecule has 5 nitrogen and oxygen atoms in total. The van der Waals surface area contributed by atoms with Crippen LogP contribution in [0.5, 0.6) is 0 Å². The third-order valence-electron chi connectivity index (χ3n) is 2.63. The summed E-state index contributed by atoms with van der Waals surface area (Å²) >= 11 is 1.15. The number of benzene rings is 2. The van der Waals surface area contributed by atoms with E-state index in [9.17, 15) is 20.0 Å². The van der Waals surface area contributed by atoms with E-state index in [0.717, 1.165) is 11.8 Å². The van der Waals surface area contributed by atoms with Gasteiger partial charge < -0.3 is 5.11 Å². The van der Waals surface area contributed by atoms with Gasteiger partial charge in [0.05, 0.1) is 4.92 Å². The molecule has 2 aromatic carbocycles. The summed E-state index contributed by atoms with van der Waals surface area (Å²) in [6.07, 6.45) is 0. The van der Waals surface area contributed by atoms with E-state index in [4.69, 9.17) is 0 Å². The summed E-state index contributed by atoms with van der Waals surface area (Å²) in [6.45, 7) is 0. The first-order valence-electron chi connectivity index (χ1n) is 5.77. The average Bonchev–Trinajstić information content (AvgIpc) is 2.46. The van der Waals surface area contributed by atoms with Gasteiger partial charge in [-0.2, -0.15) is 0 Å². The van der Waals surface area contributed by atoms with E-state index in [1.807, 2.05) is 6.07 Å². The molecule has 1 unspecified atom stereocenters. The second kappa shape index (κ2) is 6.21. The van der Waals surface area contributed by atoms with Crippen molar-refractivity contribution >= 4 is 23.4 Å². The molecule has 2 rings (SSSR count). The maximum atomic E-state index is 11.4. The molecule has 2 aromatic rings. The molecule has 1 N–H and O–H groups in total. The molecule has 1 atom stereocenters. The number of non-ortho nitro benzene ring substituents is 1. The molecule has 0 saturated heterocycles. The zero-order chi connectivity index (χ0) is 14.5. The van der Waals surface area contributed by atoms with Crippen LogP contribution >= 0.6 is 11.8 Å². The Kier molecular flexibility index (Phi) is 4.37. The molecule has 0 heterocycles. The number of carbonyl (C=O) groups is 1. The standard InChI is InChI=1S/C14H11NO4S/c16-14(17)13(10-4-2-1-3-5-10)20-12-8-6-11(7-9-12)15(18)19/h1-9,13H,(H,16,17). The molecule has 6 heteroatoms. The molecule has 0 aromatic heterocycles. The Bertz CT molecular complexity index is 613. The van der Waals surface area contributed by atoms with Crippen molar-refractivity contribution in [3.8, 4) is 0 Å². The number of thioether (sulfide) groups is 1. The van der Waals surface area contributed by atoms with Crippen LogP contribution in [0.2, 0.25) is 0 Å². The molecule has 0 amide bonds. The van der Waals surface area contributed by atoms with Crippen LogP contribution in [-0.4, -0.2) is 16.0 Å². The van der Waals surface area contributed by atoms with Crippen LogP contribution in [0.3, 0.4) is 0 Å². The first kappa shape index (κ1) is 14.1. The largest absolute Gasteiger partial charge is 0.480 e. The van der Waals surface area contributed by atoms with Crippen LogP contribution in [-0.2, 0) is 4.79 Å². The zero-order valence-electron chi connectivity index (χ0n) is 10.3. The zero-order valence-corrected chi connectivity index (χ0v) is 11.1. The SMILES string of the molecule is O=C(O)C(Sc1ccc([N+](=O)[O-])cc1)c1ccccc1. The van der Waals surface area contributed by atoms with Gasteiger partial charge in [0.25, 0.3) is 5.69 Å². The lowest BCUT2D eigenvalue weighted by Crippen LogP contribution is -2.07. The number of hydrogen-bond acceptors (Lipinski definition) is 4.